The number of aromatic nitrogens is 1. The molecule has 0 aliphatic heterocycles. The van der Waals surface area contributed by atoms with Crippen molar-refractivity contribution in [2.24, 2.45) is 11.5 Å². The van der Waals surface area contributed by atoms with Gasteiger partial charge in [0.05, 0.1) is 6.54 Å². The molecule has 2 rings (SSSR count). The highest BCUT2D eigenvalue weighted by Crippen LogP contribution is 2.22. The minimum absolute atomic E-state index is 0.0949. The highest BCUT2D eigenvalue weighted by Gasteiger charge is 2.41. The van der Waals surface area contributed by atoms with Gasteiger partial charge in [0, 0.05) is 23.5 Å². The van der Waals surface area contributed by atoms with Crippen LogP contribution in [0.1, 0.15) is 5.56 Å². The Balaban J connectivity index is 2.42. The number of carbonyl (C=O) groups is 2. The van der Waals surface area contributed by atoms with Gasteiger partial charge in [-0.2, -0.15) is 0 Å². The number of H-pyrrole nitrogens is 1. The molecule has 1 unspecified atom stereocenters. The van der Waals surface area contributed by atoms with E-state index >= 15 is 0 Å². The second-order valence-electron chi connectivity index (χ2n) is 4.44. The first kappa shape index (κ1) is 13.3. The monoisotopic (exact) mass is 261 g/mol. The molecule has 1 atom stereocenters. The Morgan fingerprint density at radius 3 is 2.63 bits per heavy atom. The van der Waals surface area contributed by atoms with Crippen molar-refractivity contribution in [3.63, 3.8) is 0 Å². The van der Waals surface area contributed by atoms with Crippen LogP contribution in [0.3, 0.4) is 0 Å². The van der Waals surface area contributed by atoms with Crippen LogP contribution in [0.5, 0.6) is 0 Å². The standard InChI is InChI=1S/C13H15N3O3/c14-6-11(17)13(15,12(18)19)5-8-7-16-10-4-2-1-3-9(8)10/h1-4,7,16H,5-6,14-15H2,(H,18,19). The lowest BCUT2D eigenvalue weighted by atomic mass is 9.87. The summed E-state index contributed by atoms with van der Waals surface area (Å²) < 4.78 is 0. The molecule has 0 saturated heterocycles. The van der Waals surface area contributed by atoms with Gasteiger partial charge in [-0.05, 0) is 11.6 Å². The van der Waals surface area contributed by atoms with Gasteiger partial charge in [-0.15, -0.1) is 0 Å². The lowest BCUT2D eigenvalue weighted by Crippen LogP contribution is -2.58. The Labute approximate surface area is 109 Å². The molecule has 1 aromatic heterocycles. The van der Waals surface area contributed by atoms with E-state index in [1.54, 1.807) is 6.20 Å². The van der Waals surface area contributed by atoms with Gasteiger partial charge in [-0.3, -0.25) is 4.79 Å². The zero-order valence-corrected chi connectivity index (χ0v) is 10.2. The van der Waals surface area contributed by atoms with Crippen molar-refractivity contribution in [1.82, 2.24) is 4.98 Å². The van der Waals surface area contributed by atoms with Crippen LogP contribution < -0.4 is 11.5 Å². The number of rotatable bonds is 5. The van der Waals surface area contributed by atoms with Gasteiger partial charge < -0.3 is 21.6 Å². The van der Waals surface area contributed by atoms with Gasteiger partial charge >= 0.3 is 5.97 Å². The van der Waals surface area contributed by atoms with Gasteiger partial charge in [0.15, 0.2) is 11.3 Å². The first-order valence-corrected chi connectivity index (χ1v) is 5.79. The maximum atomic E-state index is 11.7. The molecule has 0 saturated carbocycles. The number of carboxylic acids is 1. The van der Waals surface area contributed by atoms with E-state index in [4.69, 9.17) is 11.5 Å². The third kappa shape index (κ3) is 2.23. The van der Waals surface area contributed by atoms with Crippen LogP contribution in [0.25, 0.3) is 10.9 Å². The number of Topliss-reactive ketones (excluding diaryl/α,β-unsaturated/α-hetero) is 1. The van der Waals surface area contributed by atoms with E-state index in [0.29, 0.717) is 5.56 Å². The molecule has 6 heteroatoms. The summed E-state index contributed by atoms with van der Waals surface area (Å²) in [6.45, 7) is -0.398. The fourth-order valence-electron chi connectivity index (χ4n) is 2.05. The number of para-hydroxylation sites is 1. The van der Waals surface area contributed by atoms with Gasteiger partial charge in [0.1, 0.15) is 0 Å². The Bertz CT molecular complexity index is 635. The smallest absolute Gasteiger partial charge is 0.331 e. The zero-order chi connectivity index (χ0) is 14.0. The predicted molar refractivity (Wildman–Crippen MR) is 70.6 cm³/mol. The van der Waals surface area contributed by atoms with E-state index in [0.717, 1.165) is 10.9 Å². The predicted octanol–water partition coefficient (Wildman–Crippen LogP) is 0.0203. The molecule has 0 radical (unpaired) electrons. The number of carboxylic acid groups (broad SMARTS) is 1. The number of hydrogen-bond acceptors (Lipinski definition) is 4. The van der Waals surface area contributed by atoms with Crippen LogP contribution in [-0.4, -0.2) is 33.9 Å². The second-order valence-corrected chi connectivity index (χ2v) is 4.44. The normalized spacial score (nSPS) is 14.2. The number of hydrogen-bond donors (Lipinski definition) is 4. The molecule has 6 N–H and O–H groups in total. The van der Waals surface area contributed by atoms with Crippen molar-refractivity contribution in [3.8, 4) is 0 Å². The number of carbonyl (C=O) groups excluding carboxylic acids is 1. The Kier molecular flexibility index (Phi) is 3.37. The van der Waals surface area contributed by atoms with E-state index in [1.165, 1.54) is 0 Å². The molecule has 100 valence electrons. The van der Waals surface area contributed by atoms with Crippen molar-refractivity contribution in [2.75, 3.05) is 6.54 Å². The maximum absolute atomic E-state index is 11.7. The number of nitrogens with one attached hydrogen (secondary N) is 1. The van der Waals surface area contributed by atoms with Crippen molar-refractivity contribution < 1.29 is 14.7 Å². The van der Waals surface area contributed by atoms with Gasteiger partial charge in [-0.25, -0.2) is 4.79 Å². The average Bonchev–Trinajstić information content (AvgIpc) is 2.81. The highest BCUT2D eigenvalue weighted by molar-refractivity contribution is 6.09. The first-order chi connectivity index (χ1) is 8.99. The van der Waals surface area contributed by atoms with Crippen LogP contribution in [0.2, 0.25) is 0 Å². The molecule has 0 fully saturated rings. The summed E-state index contributed by atoms with van der Waals surface area (Å²) in [5.74, 6) is -2.06. The van der Waals surface area contributed by atoms with E-state index in [-0.39, 0.29) is 6.42 Å². The fraction of sp³-hybridized carbons (Fsp3) is 0.231. The second kappa shape index (κ2) is 4.83. The van der Waals surface area contributed by atoms with E-state index < -0.39 is 23.8 Å². The summed E-state index contributed by atoms with van der Waals surface area (Å²) in [5, 5.41) is 10.0. The fourth-order valence-corrected chi connectivity index (χ4v) is 2.05. The SMILES string of the molecule is NCC(=O)C(N)(Cc1c[nH]c2ccccc12)C(=O)O. The van der Waals surface area contributed by atoms with Crippen LogP contribution >= 0.6 is 0 Å². The van der Waals surface area contributed by atoms with Crippen LogP contribution in [-0.2, 0) is 16.0 Å². The van der Waals surface area contributed by atoms with Gasteiger partial charge in [0.25, 0.3) is 0 Å². The molecule has 1 heterocycles. The summed E-state index contributed by atoms with van der Waals surface area (Å²) in [4.78, 5) is 26.0. The summed E-state index contributed by atoms with van der Waals surface area (Å²) in [7, 11) is 0. The highest BCUT2D eigenvalue weighted by atomic mass is 16.4. The Morgan fingerprint density at radius 1 is 1.32 bits per heavy atom. The molecule has 2 aromatic rings. The lowest BCUT2D eigenvalue weighted by molar-refractivity contribution is -0.147. The zero-order valence-electron chi connectivity index (χ0n) is 10.2. The number of ketones is 1. The van der Waals surface area contributed by atoms with E-state index in [1.807, 2.05) is 24.3 Å². The molecule has 6 nitrogen and oxygen atoms in total. The molecule has 0 aliphatic rings. The van der Waals surface area contributed by atoms with E-state index in [9.17, 15) is 14.7 Å². The lowest BCUT2D eigenvalue weighted by Gasteiger charge is -2.22. The molecule has 0 bridgehead atoms. The molecular formula is C13H15N3O3. The molecule has 0 amide bonds. The number of benzene rings is 1. The summed E-state index contributed by atoms with van der Waals surface area (Å²) in [6, 6.07) is 7.41. The average molecular weight is 261 g/mol. The van der Waals surface area contributed by atoms with Crippen LogP contribution in [0.4, 0.5) is 0 Å². The third-order valence-corrected chi connectivity index (χ3v) is 3.21. The molecule has 0 spiro atoms. The minimum Gasteiger partial charge on any atom is -0.480 e. The molecule has 19 heavy (non-hydrogen) atoms. The summed E-state index contributed by atoms with van der Waals surface area (Å²) in [5.41, 5.74) is 10.5. The number of aromatic amines is 1. The van der Waals surface area contributed by atoms with Crippen LogP contribution in [0.15, 0.2) is 30.5 Å². The molecule has 1 aromatic carbocycles. The topological polar surface area (TPSA) is 122 Å². The van der Waals surface area contributed by atoms with Crippen molar-refractivity contribution in [2.45, 2.75) is 12.0 Å². The van der Waals surface area contributed by atoms with Gasteiger partial charge in [-0.1, -0.05) is 18.2 Å². The number of nitrogens with two attached hydrogens (primary N) is 2. The van der Waals surface area contributed by atoms with Crippen molar-refractivity contribution in [1.29, 1.82) is 0 Å². The molecule has 0 aliphatic carbocycles. The van der Waals surface area contributed by atoms with Crippen LogP contribution in [0, 0.1) is 0 Å². The Hall–Kier alpha value is -2.18. The largest absolute Gasteiger partial charge is 0.480 e. The Morgan fingerprint density at radius 2 is 2.00 bits per heavy atom. The quantitative estimate of drug-likeness (QED) is 0.565. The van der Waals surface area contributed by atoms with E-state index in [2.05, 4.69) is 4.98 Å². The third-order valence-electron chi connectivity index (χ3n) is 3.21. The molecular weight excluding hydrogens is 246 g/mol. The number of aliphatic carboxylic acids is 1. The number of fused-ring (bicyclic) bond motifs is 1. The van der Waals surface area contributed by atoms with Crippen molar-refractivity contribution in [3.05, 3.63) is 36.0 Å². The maximum Gasteiger partial charge on any atom is 0.331 e. The summed E-state index contributed by atoms with van der Waals surface area (Å²) in [6.07, 6.45) is 1.57. The summed E-state index contributed by atoms with van der Waals surface area (Å²) >= 11 is 0. The minimum atomic E-state index is -1.99. The first-order valence-electron chi connectivity index (χ1n) is 5.79. The van der Waals surface area contributed by atoms with Gasteiger partial charge in [0.2, 0.25) is 0 Å². The van der Waals surface area contributed by atoms with Crippen molar-refractivity contribution >= 4 is 22.7 Å².